The molecule has 0 fully saturated rings. The fourth-order valence-corrected chi connectivity index (χ4v) is 4.02. The van der Waals surface area contributed by atoms with E-state index in [0.29, 0.717) is 0 Å². The van der Waals surface area contributed by atoms with Gasteiger partial charge in [-0.1, -0.05) is 55.0 Å². The van der Waals surface area contributed by atoms with Gasteiger partial charge in [-0.05, 0) is 5.56 Å². The van der Waals surface area contributed by atoms with Crippen LogP contribution in [0.1, 0.15) is 5.56 Å². The topological polar surface area (TPSA) is 0 Å². The van der Waals surface area contributed by atoms with E-state index in [1.54, 1.807) is 0 Å². The predicted octanol–water partition coefficient (Wildman–Crippen LogP) is 10.6. The van der Waals surface area contributed by atoms with Gasteiger partial charge in [0, 0.05) is 0 Å². The van der Waals surface area contributed by atoms with Gasteiger partial charge in [0.1, 0.15) is 0 Å². The molecule has 0 heterocycles. The van der Waals surface area contributed by atoms with Gasteiger partial charge in [-0.25, -0.2) is 0 Å². The molecule has 0 aromatic heterocycles. The second-order valence-electron chi connectivity index (χ2n) is 8.52. The minimum atomic E-state index is 0. The fourth-order valence-electron chi connectivity index (χ4n) is 4.02. The van der Waals surface area contributed by atoms with E-state index in [1.807, 2.05) is 60.7 Å². The Labute approximate surface area is 264 Å². The molecule has 206 valence electrons. The second-order valence-corrected chi connectivity index (χ2v) is 8.52. The molecule has 0 saturated carbocycles. The van der Waals surface area contributed by atoms with Gasteiger partial charge in [-0.2, -0.15) is 91.0 Å². The molecule has 0 aliphatic carbocycles. The Hall–Kier alpha value is -3.58. The van der Waals surface area contributed by atoms with E-state index in [-0.39, 0.29) is 14.9 Å². The molecule has 0 atom stereocenters. The summed E-state index contributed by atoms with van der Waals surface area (Å²) in [6.45, 7) is 5.19. The molecule has 2 radical (unpaired) electrons. The summed E-state index contributed by atoms with van der Waals surface area (Å²) in [5, 5.41) is 5.35. The van der Waals surface area contributed by atoms with E-state index in [0.717, 1.165) is 0 Å². The standard InChI is InChI=1S/C15H11.C10H9.2C6H5.2CH3.Si.Zr/c1-2-6-12(7-3-1)14-10-4-8-13-9-5-11-15(13)14;1-8-6-9-4-2-3-5-10(9)7-8;2*1-2-4-6-5-3-1;;;;/h1-11H;2-7H,1H3;2*1-5H;2*1H3;;/q6*-1;;. The van der Waals surface area contributed by atoms with Crippen LogP contribution in [0.5, 0.6) is 0 Å². The van der Waals surface area contributed by atoms with E-state index in [9.17, 15) is 0 Å². The molecular weight excluding hydrogens is 588 g/mol. The van der Waals surface area contributed by atoms with Gasteiger partial charge < -0.3 is 14.9 Å². The summed E-state index contributed by atoms with van der Waals surface area (Å²) < 4.78 is 0. The third-order valence-corrected chi connectivity index (χ3v) is 5.74. The van der Waals surface area contributed by atoms with Gasteiger partial charge in [0.25, 0.3) is 0 Å². The maximum Gasteiger partial charge on any atom is -0.0279 e. The van der Waals surface area contributed by atoms with Gasteiger partial charge in [-0.15, -0.1) is 69.6 Å². The molecule has 7 aromatic carbocycles. The van der Waals surface area contributed by atoms with Crippen LogP contribution in [0.2, 0.25) is 0 Å². The molecule has 0 unspecified atom stereocenters. The van der Waals surface area contributed by atoms with Crippen molar-refractivity contribution < 1.29 is 23.3 Å². The van der Waals surface area contributed by atoms with Crippen molar-refractivity contribution in [1.29, 1.82) is 0 Å². The number of fused-ring (bicyclic) bond motifs is 2. The van der Waals surface area contributed by atoms with Gasteiger partial charge in [-0.3, -0.25) is 0 Å². The minimum absolute atomic E-state index is 0. The summed E-state index contributed by atoms with van der Waals surface area (Å²) in [4.78, 5) is 0. The summed E-state index contributed by atoms with van der Waals surface area (Å²) in [6.07, 6.45) is 0. The number of rotatable bonds is 1. The third kappa shape index (κ3) is 12.2. The normalized spacial score (nSPS) is 8.88. The molecule has 2 heteroatoms. The third-order valence-electron chi connectivity index (χ3n) is 5.74. The van der Waals surface area contributed by atoms with E-state index in [4.69, 9.17) is 0 Å². The van der Waals surface area contributed by atoms with Crippen molar-refractivity contribution in [2.45, 2.75) is 6.92 Å². The largest absolute Gasteiger partial charge is 0.184 e. The molecule has 0 N–H and O–H groups in total. The smallest absolute Gasteiger partial charge is 0.0279 e. The number of benzene rings is 5. The number of hydrogen-bond acceptors (Lipinski definition) is 0. The van der Waals surface area contributed by atoms with E-state index < -0.39 is 0 Å². The Bertz CT molecular complexity index is 1460. The van der Waals surface area contributed by atoms with Crippen molar-refractivity contribution >= 4 is 28.4 Å². The Morgan fingerprint density at radius 3 is 1.66 bits per heavy atom. The summed E-state index contributed by atoms with van der Waals surface area (Å²) in [6, 6.07) is 61.2. The zero-order valence-corrected chi connectivity index (χ0v) is 27.5. The molecule has 0 amide bonds. The Balaban J connectivity index is 0.000000282. The average molecular weight is 624 g/mol. The van der Waals surface area contributed by atoms with Crippen molar-refractivity contribution in [2.24, 2.45) is 0 Å². The first-order chi connectivity index (χ1) is 19.3. The second kappa shape index (κ2) is 21.2. The molecule has 0 aliphatic rings. The van der Waals surface area contributed by atoms with Gasteiger partial charge >= 0.3 is 30.2 Å². The Morgan fingerprint density at radius 1 is 0.585 bits per heavy atom. The van der Waals surface area contributed by atoms with Gasteiger partial charge in [0.05, 0.1) is 0 Å². The quantitative estimate of drug-likeness (QED) is 0.126. The van der Waals surface area contributed by atoms with E-state index in [2.05, 4.69) is 129 Å². The van der Waals surface area contributed by atoms with E-state index >= 15 is 0 Å². The van der Waals surface area contributed by atoms with Crippen LogP contribution >= 0.6 is 0 Å². The van der Waals surface area contributed by atoms with Crippen molar-refractivity contribution in [2.75, 3.05) is 0 Å². The minimum Gasteiger partial charge on any atom is -0.184 e. The summed E-state index contributed by atoms with van der Waals surface area (Å²) in [5.74, 6) is 0. The SMILES string of the molecule is Cc1cc2ccccc2[cH-]1.[CH3-].[CH3-].[Si]=[Zr].[c-]1ccccc1.[c-]1ccccc1.c1ccc(-c2cccc3[cH-]ccc23)cc1. The molecule has 0 spiro atoms. The van der Waals surface area contributed by atoms with Crippen LogP contribution in [0.4, 0.5) is 0 Å². The van der Waals surface area contributed by atoms with Crippen LogP contribution < -0.4 is 0 Å². The van der Waals surface area contributed by atoms with Crippen LogP contribution in [-0.4, -0.2) is 6.88 Å². The fraction of sp³-hybridized carbons (Fsp3) is 0.0256. The molecule has 0 saturated heterocycles. The first-order valence-electron chi connectivity index (χ1n) is 12.7. The van der Waals surface area contributed by atoms with Crippen molar-refractivity contribution in [1.82, 2.24) is 0 Å². The van der Waals surface area contributed by atoms with Crippen LogP contribution in [-0.2, 0) is 23.3 Å². The number of hydrogen-bond donors (Lipinski definition) is 0. The summed E-state index contributed by atoms with van der Waals surface area (Å²) in [5.41, 5.74) is 3.95. The monoisotopic (exact) mass is 622 g/mol. The van der Waals surface area contributed by atoms with Crippen molar-refractivity contribution in [3.8, 4) is 11.1 Å². The maximum atomic E-state index is 3.06. The van der Waals surface area contributed by atoms with Gasteiger partial charge in [0.2, 0.25) is 0 Å². The summed E-state index contributed by atoms with van der Waals surface area (Å²) >= 11 is 1.36. The molecule has 0 nitrogen and oxygen atoms in total. The van der Waals surface area contributed by atoms with Crippen LogP contribution in [0.15, 0.2) is 164 Å². The van der Waals surface area contributed by atoms with Crippen LogP contribution in [0, 0.1) is 33.9 Å². The zero-order valence-electron chi connectivity index (χ0n) is 24.1. The molecule has 0 bridgehead atoms. The van der Waals surface area contributed by atoms with Crippen LogP contribution in [0.25, 0.3) is 32.7 Å². The van der Waals surface area contributed by atoms with Crippen LogP contribution in [0.3, 0.4) is 0 Å². The molecule has 41 heavy (non-hydrogen) atoms. The maximum absolute atomic E-state index is 3.06. The predicted molar refractivity (Wildman–Crippen MR) is 178 cm³/mol. The molecular formula is C39H36SiZr-6. The molecule has 0 aliphatic heterocycles. The molecule has 7 aromatic rings. The van der Waals surface area contributed by atoms with Crippen molar-refractivity contribution in [3.63, 3.8) is 0 Å². The van der Waals surface area contributed by atoms with Gasteiger partial charge in [0.15, 0.2) is 0 Å². The average Bonchev–Trinajstić information content (AvgIpc) is 3.67. The van der Waals surface area contributed by atoms with Crippen molar-refractivity contribution in [3.05, 3.63) is 196 Å². The Morgan fingerprint density at radius 2 is 1.12 bits per heavy atom. The van der Waals surface area contributed by atoms with E-state index in [1.165, 1.54) is 61.6 Å². The first-order valence-corrected chi connectivity index (χ1v) is 16.9. The zero-order chi connectivity index (χ0) is 27.5. The molecule has 7 rings (SSSR count). The first kappa shape index (κ1) is 35.4. The Kier molecular flexibility index (Phi) is 18.3. The number of aryl methyl sites for hydroxylation is 1. The summed E-state index contributed by atoms with van der Waals surface area (Å²) in [7, 11) is 0.